The van der Waals surface area contributed by atoms with Gasteiger partial charge in [0.25, 0.3) is 5.91 Å². The Morgan fingerprint density at radius 2 is 1.97 bits per heavy atom. The van der Waals surface area contributed by atoms with Crippen molar-refractivity contribution in [1.82, 2.24) is 15.1 Å². The van der Waals surface area contributed by atoms with E-state index in [1.807, 2.05) is 0 Å². The van der Waals surface area contributed by atoms with Crippen molar-refractivity contribution in [3.63, 3.8) is 0 Å². The van der Waals surface area contributed by atoms with Crippen molar-refractivity contribution in [2.45, 2.75) is 31.0 Å². The average Bonchev–Trinajstić information content (AvgIpc) is 3.58. The standard InChI is InChI=1S/C24H24F3N3O4/c1-33-17-8-9-21(34-2)18(11-17)20(31)13-28-23(32)19-12-29-30(22(19)14-6-7-14)16-5-3-4-15(10-16)24(25,26)27/h3-5,8-12,14,20,31H,6-7,13H2,1-2H3,(H,28,32). The highest BCUT2D eigenvalue weighted by atomic mass is 19.4. The van der Waals surface area contributed by atoms with Crippen LogP contribution in [-0.2, 0) is 6.18 Å². The SMILES string of the molecule is COc1ccc(OC)c(C(O)CNC(=O)c2cnn(-c3cccc(C(F)(F)F)c3)c2C2CC2)c1. The number of aliphatic hydroxyl groups excluding tert-OH is 1. The van der Waals surface area contributed by atoms with Crippen LogP contribution in [0.1, 0.15) is 52.0 Å². The van der Waals surface area contributed by atoms with Gasteiger partial charge in [0.15, 0.2) is 0 Å². The third kappa shape index (κ3) is 4.86. The van der Waals surface area contributed by atoms with Gasteiger partial charge in [-0.05, 0) is 49.2 Å². The summed E-state index contributed by atoms with van der Waals surface area (Å²) in [5.41, 5.74) is 0.722. The summed E-state index contributed by atoms with van der Waals surface area (Å²) in [6.07, 6.45) is -2.58. The van der Waals surface area contributed by atoms with Crippen LogP contribution in [0.25, 0.3) is 5.69 Å². The number of methoxy groups -OCH3 is 2. The topological polar surface area (TPSA) is 85.6 Å². The summed E-state index contributed by atoms with van der Waals surface area (Å²) >= 11 is 0. The Balaban J connectivity index is 1.56. The summed E-state index contributed by atoms with van der Waals surface area (Å²) in [6.45, 7) is -0.110. The molecule has 0 aliphatic heterocycles. The molecule has 2 aromatic carbocycles. The predicted octanol–water partition coefficient (Wildman–Crippen LogP) is 4.25. The molecule has 1 aliphatic rings. The number of rotatable bonds is 8. The van der Waals surface area contributed by atoms with Gasteiger partial charge in [-0.1, -0.05) is 6.07 Å². The maximum Gasteiger partial charge on any atom is 0.416 e. The lowest BCUT2D eigenvalue weighted by Crippen LogP contribution is -2.29. The summed E-state index contributed by atoms with van der Waals surface area (Å²) in [7, 11) is 2.97. The first kappa shape index (κ1) is 23.6. The Morgan fingerprint density at radius 3 is 2.62 bits per heavy atom. The van der Waals surface area contributed by atoms with Crippen LogP contribution >= 0.6 is 0 Å². The van der Waals surface area contributed by atoms with Crippen LogP contribution in [0.3, 0.4) is 0 Å². The maximum atomic E-state index is 13.2. The summed E-state index contributed by atoms with van der Waals surface area (Å²) in [6, 6.07) is 9.81. The summed E-state index contributed by atoms with van der Waals surface area (Å²) < 4.78 is 51.4. The molecule has 1 fully saturated rings. The average molecular weight is 475 g/mol. The van der Waals surface area contributed by atoms with Crippen molar-refractivity contribution in [1.29, 1.82) is 0 Å². The second-order valence-corrected chi connectivity index (χ2v) is 8.01. The first-order valence-electron chi connectivity index (χ1n) is 10.7. The Labute approximate surface area is 194 Å². The van der Waals surface area contributed by atoms with E-state index < -0.39 is 23.8 Å². The molecule has 0 saturated heterocycles. The first-order valence-corrected chi connectivity index (χ1v) is 10.7. The molecule has 1 atom stereocenters. The van der Waals surface area contributed by atoms with Gasteiger partial charge in [-0.15, -0.1) is 0 Å². The van der Waals surface area contributed by atoms with E-state index in [0.717, 1.165) is 25.0 Å². The van der Waals surface area contributed by atoms with Crippen LogP contribution in [0.15, 0.2) is 48.7 Å². The van der Waals surface area contributed by atoms with Gasteiger partial charge in [-0.3, -0.25) is 4.79 Å². The number of ether oxygens (including phenoxy) is 2. The highest BCUT2D eigenvalue weighted by molar-refractivity contribution is 5.95. The van der Waals surface area contributed by atoms with Crippen LogP contribution in [0.5, 0.6) is 11.5 Å². The summed E-state index contributed by atoms with van der Waals surface area (Å²) in [5, 5.41) is 17.6. The molecule has 1 unspecified atom stereocenters. The molecule has 1 aromatic heterocycles. The van der Waals surface area contributed by atoms with Crippen molar-refractivity contribution in [3.05, 3.63) is 71.0 Å². The van der Waals surface area contributed by atoms with E-state index >= 15 is 0 Å². The van der Waals surface area contributed by atoms with E-state index in [9.17, 15) is 23.1 Å². The number of carbonyl (C=O) groups is 1. The minimum atomic E-state index is -4.49. The molecule has 0 spiro atoms. The largest absolute Gasteiger partial charge is 0.497 e. The normalized spacial score (nSPS) is 14.5. The van der Waals surface area contributed by atoms with Crippen molar-refractivity contribution in [2.24, 2.45) is 0 Å². The van der Waals surface area contributed by atoms with E-state index in [2.05, 4.69) is 10.4 Å². The number of hydrogen-bond donors (Lipinski definition) is 2. The second-order valence-electron chi connectivity index (χ2n) is 8.01. The molecule has 3 aromatic rings. The Kier molecular flexibility index (Phi) is 6.52. The molecule has 7 nitrogen and oxygen atoms in total. The highest BCUT2D eigenvalue weighted by Crippen LogP contribution is 2.43. The van der Waals surface area contributed by atoms with Crippen molar-refractivity contribution < 1.29 is 32.5 Å². The lowest BCUT2D eigenvalue weighted by Gasteiger charge is -2.17. The fourth-order valence-corrected chi connectivity index (χ4v) is 3.80. The number of benzene rings is 2. The highest BCUT2D eigenvalue weighted by Gasteiger charge is 2.34. The van der Waals surface area contributed by atoms with E-state index in [-0.39, 0.29) is 23.7 Å². The number of nitrogens with zero attached hydrogens (tertiary/aromatic N) is 2. The van der Waals surface area contributed by atoms with Gasteiger partial charge >= 0.3 is 6.18 Å². The third-order valence-electron chi connectivity index (χ3n) is 5.69. The van der Waals surface area contributed by atoms with Gasteiger partial charge in [-0.2, -0.15) is 18.3 Å². The van der Waals surface area contributed by atoms with Gasteiger partial charge in [-0.25, -0.2) is 4.68 Å². The zero-order chi connectivity index (χ0) is 24.5. The number of carbonyl (C=O) groups excluding carboxylic acids is 1. The van der Waals surface area contributed by atoms with Crippen molar-refractivity contribution in [3.8, 4) is 17.2 Å². The molecule has 1 heterocycles. The van der Waals surface area contributed by atoms with Crippen LogP contribution < -0.4 is 14.8 Å². The third-order valence-corrected chi connectivity index (χ3v) is 5.69. The van der Waals surface area contributed by atoms with Gasteiger partial charge in [0, 0.05) is 18.0 Å². The van der Waals surface area contributed by atoms with Crippen LogP contribution in [0.4, 0.5) is 13.2 Å². The fraction of sp³-hybridized carbons (Fsp3) is 0.333. The van der Waals surface area contributed by atoms with E-state index in [4.69, 9.17) is 9.47 Å². The van der Waals surface area contributed by atoms with E-state index in [0.29, 0.717) is 22.8 Å². The molecule has 1 aliphatic carbocycles. The number of amides is 1. The van der Waals surface area contributed by atoms with E-state index in [1.54, 1.807) is 18.2 Å². The van der Waals surface area contributed by atoms with Gasteiger partial charge < -0.3 is 19.9 Å². The number of aromatic nitrogens is 2. The molecule has 0 radical (unpaired) electrons. The predicted molar refractivity (Wildman–Crippen MR) is 117 cm³/mol. The van der Waals surface area contributed by atoms with Crippen LogP contribution in [-0.4, -0.2) is 41.6 Å². The fourth-order valence-electron chi connectivity index (χ4n) is 3.80. The molecule has 34 heavy (non-hydrogen) atoms. The quantitative estimate of drug-likeness (QED) is 0.509. The molecule has 4 rings (SSSR count). The van der Waals surface area contributed by atoms with Crippen molar-refractivity contribution in [2.75, 3.05) is 20.8 Å². The van der Waals surface area contributed by atoms with Crippen LogP contribution in [0, 0.1) is 0 Å². The minimum absolute atomic E-state index is 0.0289. The summed E-state index contributed by atoms with van der Waals surface area (Å²) in [5.74, 6) is 0.528. The maximum absolute atomic E-state index is 13.2. The second kappa shape index (κ2) is 9.38. The molecule has 0 bridgehead atoms. The first-order chi connectivity index (χ1) is 16.2. The Hall–Kier alpha value is -3.53. The lowest BCUT2D eigenvalue weighted by atomic mass is 10.1. The Morgan fingerprint density at radius 1 is 1.21 bits per heavy atom. The number of halogens is 3. The molecule has 1 amide bonds. The Bertz CT molecular complexity index is 1190. The van der Waals surface area contributed by atoms with Crippen molar-refractivity contribution >= 4 is 5.91 Å². The molecule has 1 saturated carbocycles. The number of alkyl halides is 3. The van der Waals surface area contributed by atoms with Gasteiger partial charge in [0.2, 0.25) is 0 Å². The smallest absolute Gasteiger partial charge is 0.416 e. The molecular weight excluding hydrogens is 451 g/mol. The van der Waals surface area contributed by atoms with Gasteiger partial charge in [0.1, 0.15) is 17.6 Å². The minimum Gasteiger partial charge on any atom is -0.497 e. The monoisotopic (exact) mass is 475 g/mol. The zero-order valence-corrected chi connectivity index (χ0v) is 18.6. The lowest BCUT2D eigenvalue weighted by molar-refractivity contribution is -0.137. The molecule has 10 heteroatoms. The molecule has 2 N–H and O–H groups in total. The number of aliphatic hydroxyl groups is 1. The summed E-state index contributed by atoms with van der Waals surface area (Å²) in [4.78, 5) is 13.0. The van der Waals surface area contributed by atoms with E-state index in [1.165, 1.54) is 37.2 Å². The molecular formula is C24H24F3N3O4. The van der Waals surface area contributed by atoms with Gasteiger partial charge in [0.05, 0.1) is 42.9 Å². The number of hydrogen-bond acceptors (Lipinski definition) is 5. The molecule has 180 valence electrons. The van der Waals surface area contributed by atoms with Crippen LogP contribution in [0.2, 0.25) is 0 Å². The zero-order valence-electron chi connectivity index (χ0n) is 18.6. The number of nitrogens with one attached hydrogen (secondary N) is 1.